The zero-order chi connectivity index (χ0) is 0. The van der Waals surface area contributed by atoms with E-state index in [-0.39, 0.29) is 97.6 Å². The van der Waals surface area contributed by atoms with Crippen molar-refractivity contribution in [1.82, 2.24) is 0 Å². The molecule has 4 heteroatoms. The molecule has 0 N–H and O–H groups in total. The van der Waals surface area contributed by atoms with Crippen LogP contribution in [0.4, 0.5) is 0 Å². The van der Waals surface area contributed by atoms with Gasteiger partial charge in [0, 0.05) is 97.6 Å². The number of hydrogen-bond donors (Lipinski definition) is 0. The van der Waals surface area contributed by atoms with Crippen LogP contribution in [0.15, 0.2) is 0 Å². The van der Waals surface area contributed by atoms with Crippen molar-refractivity contribution < 1.29 is 0 Å². The molecule has 0 saturated heterocycles. The first-order chi connectivity index (χ1) is 0. The van der Waals surface area contributed by atoms with Gasteiger partial charge in [0.2, 0.25) is 0 Å². The summed E-state index contributed by atoms with van der Waals surface area (Å²) >= 11 is 0. The summed E-state index contributed by atoms with van der Waals surface area (Å²) in [5.74, 6) is 0. The van der Waals surface area contributed by atoms with Crippen LogP contribution in [0.25, 0.3) is 0 Å². The third kappa shape index (κ3) is 8.98. The molecule has 0 aliphatic rings. The van der Waals surface area contributed by atoms with Crippen LogP contribution in [-0.2, 0) is 0 Å². The molecule has 4 heavy (non-hydrogen) atoms. The Hall–Kier alpha value is 3.27. The Bertz CT molecular complexity index is 3.25. The van der Waals surface area contributed by atoms with E-state index in [1.807, 2.05) is 0 Å². The summed E-state index contributed by atoms with van der Waals surface area (Å²) < 4.78 is 0. The van der Waals surface area contributed by atoms with Gasteiger partial charge < -0.3 is 0 Å². The second-order valence-electron chi connectivity index (χ2n) is 0. The molecule has 0 saturated carbocycles. The van der Waals surface area contributed by atoms with Gasteiger partial charge in [0.05, 0.1) is 0 Å². The van der Waals surface area contributed by atoms with Crippen molar-refractivity contribution in [2.45, 2.75) is 0 Å². The van der Waals surface area contributed by atoms with Gasteiger partial charge >= 0.3 is 0 Å². The maximum atomic E-state index is 0. The topological polar surface area (TPSA) is 0 Å². The Morgan fingerprint density at radius 3 is 0.500 bits per heavy atom. The molecule has 0 fully saturated rings. The molecule has 0 bridgehead atoms. The number of hydrogen-bond acceptors (Lipinski definition) is 0. The first-order valence-electron chi connectivity index (χ1n) is 0. The molecule has 0 heterocycles. The van der Waals surface area contributed by atoms with Crippen molar-refractivity contribution in [3.05, 3.63) is 0 Å². The van der Waals surface area contributed by atoms with Crippen molar-refractivity contribution >= 4 is 97.6 Å². The molecule has 0 unspecified atom stereocenters. The summed E-state index contributed by atoms with van der Waals surface area (Å²) in [7, 11) is 0. The standard InChI is InChI=1S/In.3Sn. The smallest absolute Gasteiger partial charge is 0 e. The average molecular weight is 471 g/mol. The fourth-order valence-corrected chi connectivity index (χ4v) is 0. The molecule has 0 amide bonds. The Morgan fingerprint density at radius 1 is 0.500 bits per heavy atom. The predicted molar refractivity (Wildman–Crippen MR) is 23.0 cm³/mol. The van der Waals surface area contributed by atoms with Gasteiger partial charge in [-0.1, -0.05) is 0 Å². The predicted octanol–water partition coefficient (Wildman–Crippen LogP) is -1.52. The molecule has 0 aromatic rings. The molecule has 0 aliphatic heterocycles. The summed E-state index contributed by atoms with van der Waals surface area (Å²) in [6.07, 6.45) is 0. The zero-order valence-electron chi connectivity index (χ0n) is 2.08. The van der Waals surface area contributed by atoms with Crippen LogP contribution in [0, 0.1) is 0 Å². The van der Waals surface area contributed by atoms with E-state index in [1.54, 1.807) is 0 Å². The van der Waals surface area contributed by atoms with Gasteiger partial charge in [-0.25, -0.2) is 0 Å². The summed E-state index contributed by atoms with van der Waals surface area (Å²) in [5.41, 5.74) is 0. The van der Waals surface area contributed by atoms with Crippen molar-refractivity contribution in [2.24, 2.45) is 0 Å². The van der Waals surface area contributed by atoms with E-state index >= 15 is 0 Å². The Morgan fingerprint density at radius 2 is 0.500 bits per heavy atom. The van der Waals surface area contributed by atoms with E-state index in [0.29, 0.717) is 0 Å². The first-order valence-corrected chi connectivity index (χ1v) is 0. The van der Waals surface area contributed by atoms with Gasteiger partial charge in [0.1, 0.15) is 0 Å². The SMILES string of the molecule is [In].[Sn].[Sn].[Sn]. The molecule has 0 rings (SSSR count). The quantitative estimate of drug-likeness (QED) is 0.377. The minimum atomic E-state index is 0. The molecule has 15 radical (unpaired) electrons. The Kier molecular flexibility index (Phi) is 109. The molecule has 0 aromatic heterocycles. The summed E-state index contributed by atoms with van der Waals surface area (Å²) in [6, 6.07) is 0. The van der Waals surface area contributed by atoms with E-state index in [9.17, 15) is 0 Å². The van der Waals surface area contributed by atoms with Crippen LogP contribution in [-0.4, -0.2) is 97.6 Å². The van der Waals surface area contributed by atoms with Gasteiger partial charge in [-0.15, -0.1) is 0 Å². The van der Waals surface area contributed by atoms with Gasteiger partial charge in [-0.2, -0.15) is 0 Å². The fraction of sp³-hybridized carbons (Fsp3) is 0. The monoisotopic (exact) mass is 475 g/mol. The second-order valence-corrected chi connectivity index (χ2v) is 0. The van der Waals surface area contributed by atoms with E-state index in [1.165, 1.54) is 0 Å². The minimum Gasteiger partial charge on any atom is 0 e. The Labute approximate surface area is 95.5 Å². The summed E-state index contributed by atoms with van der Waals surface area (Å²) in [4.78, 5) is 0. The fourth-order valence-electron chi connectivity index (χ4n) is 0. The average Bonchev–Trinajstić information content (AvgIpc) is 0. The number of rotatable bonds is 0. The third-order valence-electron chi connectivity index (χ3n) is 0. The van der Waals surface area contributed by atoms with Gasteiger partial charge in [0.25, 0.3) is 0 Å². The van der Waals surface area contributed by atoms with Crippen LogP contribution in [0.2, 0.25) is 0 Å². The maximum absolute atomic E-state index is 0. The zero-order valence-corrected chi connectivity index (χ0v) is 13.9. The summed E-state index contributed by atoms with van der Waals surface area (Å²) in [6.45, 7) is 0. The van der Waals surface area contributed by atoms with Crippen molar-refractivity contribution in [3.8, 4) is 0 Å². The van der Waals surface area contributed by atoms with Crippen LogP contribution in [0.5, 0.6) is 0 Å². The Balaban J connectivity index is 0. The van der Waals surface area contributed by atoms with Gasteiger partial charge in [0.15, 0.2) is 0 Å². The van der Waals surface area contributed by atoms with Gasteiger partial charge in [-0.05, 0) is 0 Å². The molecule has 0 aliphatic carbocycles. The van der Waals surface area contributed by atoms with Crippen molar-refractivity contribution in [3.63, 3.8) is 0 Å². The van der Waals surface area contributed by atoms with Gasteiger partial charge in [-0.3, -0.25) is 0 Å². The third-order valence-corrected chi connectivity index (χ3v) is 0. The maximum Gasteiger partial charge on any atom is 0 e. The van der Waals surface area contributed by atoms with E-state index < -0.39 is 0 Å². The molecule has 0 aromatic carbocycles. The molecule has 0 spiro atoms. The molecule has 0 atom stereocenters. The molecular formula is InSn3. The van der Waals surface area contributed by atoms with Crippen molar-refractivity contribution in [1.29, 1.82) is 0 Å². The summed E-state index contributed by atoms with van der Waals surface area (Å²) in [5, 5.41) is 0. The van der Waals surface area contributed by atoms with E-state index in [2.05, 4.69) is 0 Å². The largest absolute Gasteiger partial charge is 0 e. The van der Waals surface area contributed by atoms with Crippen LogP contribution >= 0.6 is 0 Å². The molecular weight excluding hydrogens is 471 g/mol. The minimum absolute atomic E-state index is 0. The van der Waals surface area contributed by atoms with E-state index in [0.717, 1.165) is 0 Å². The van der Waals surface area contributed by atoms with Crippen LogP contribution in [0.3, 0.4) is 0 Å². The van der Waals surface area contributed by atoms with Crippen LogP contribution in [0.1, 0.15) is 0 Å². The van der Waals surface area contributed by atoms with Crippen LogP contribution < -0.4 is 0 Å². The van der Waals surface area contributed by atoms with Crippen molar-refractivity contribution in [2.75, 3.05) is 0 Å². The van der Waals surface area contributed by atoms with E-state index in [4.69, 9.17) is 0 Å². The molecule has 0 nitrogen and oxygen atoms in total. The second kappa shape index (κ2) is 16.3. The first kappa shape index (κ1) is 26.7. The molecule has 15 valence electrons. The normalized spacial score (nSPS) is 0.